The highest BCUT2D eigenvalue weighted by atomic mass is 19.1. The molecule has 0 fully saturated rings. The fourth-order valence-electron chi connectivity index (χ4n) is 3.72. The van der Waals surface area contributed by atoms with Crippen molar-refractivity contribution in [3.63, 3.8) is 0 Å². The van der Waals surface area contributed by atoms with E-state index in [-0.39, 0.29) is 23.1 Å². The van der Waals surface area contributed by atoms with Gasteiger partial charge in [0.1, 0.15) is 29.8 Å². The predicted octanol–water partition coefficient (Wildman–Crippen LogP) is 4.45. The zero-order valence-electron chi connectivity index (χ0n) is 23.6. The van der Waals surface area contributed by atoms with Crippen LogP contribution in [0.25, 0.3) is 0 Å². The zero-order valence-corrected chi connectivity index (χ0v) is 23.6. The van der Waals surface area contributed by atoms with E-state index in [1.807, 2.05) is 13.8 Å². The average Bonchev–Trinajstić information content (AvgIpc) is 2.89. The van der Waals surface area contributed by atoms with Crippen LogP contribution in [0, 0.1) is 11.7 Å². The maximum absolute atomic E-state index is 13.7. The maximum atomic E-state index is 13.7. The Morgan fingerprint density at radius 1 is 1.15 bits per heavy atom. The van der Waals surface area contributed by atoms with Gasteiger partial charge in [-0.2, -0.15) is 0 Å². The van der Waals surface area contributed by atoms with Crippen molar-refractivity contribution < 1.29 is 42.5 Å². The molecule has 0 aliphatic heterocycles. The summed E-state index contributed by atoms with van der Waals surface area (Å²) in [4.78, 5) is 40.8. The molecule has 0 aliphatic rings. The Labute approximate surface area is 229 Å². The van der Waals surface area contributed by atoms with Crippen LogP contribution in [0.15, 0.2) is 52.5 Å². The van der Waals surface area contributed by atoms with E-state index in [1.165, 1.54) is 45.2 Å². The summed E-state index contributed by atoms with van der Waals surface area (Å²) in [6.45, 7) is 12.8. The van der Waals surface area contributed by atoms with E-state index in [2.05, 4.69) is 17.0 Å². The average molecular weight is 551 g/mol. The molecule has 1 N–H and O–H groups in total. The number of benzene rings is 1. The molecule has 0 radical (unpaired) electrons. The number of allylic oxidation sites excluding steroid dienone is 1. The Morgan fingerprint density at radius 3 is 2.33 bits per heavy atom. The van der Waals surface area contributed by atoms with E-state index in [4.69, 9.17) is 23.7 Å². The van der Waals surface area contributed by atoms with Gasteiger partial charge in [-0.05, 0) is 64.5 Å². The Balaban J connectivity index is 3.08. The van der Waals surface area contributed by atoms with Crippen molar-refractivity contribution in [3.05, 3.63) is 53.4 Å². The number of nitrogens with zero attached hydrogens (tertiary/aromatic N) is 1. The van der Waals surface area contributed by atoms with E-state index < -0.39 is 48.7 Å². The van der Waals surface area contributed by atoms with Gasteiger partial charge in [0.2, 0.25) is 6.79 Å². The molecule has 0 heterocycles. The molecule has 1 aromatic carbocycles. The molecule has 1 amide bonds. The number of aliphatic imine (C=N–C) groups is 1. The Bertz CT molecular complexity index is 1050. The van der Waals surface area contributed by atoms with Gasteiger partial charge in [0, 0.05) is 13.0 Å². The van der Waals surface area contributed by atoms with Crippen molar-refractivity contribution in [3.8, 4) is 5.75 Å². The molecule has 1 aromatic rings. The number of halogens is 1. The normalized spacial score (nSPS) is 14.3. The van der Waals surface area contributed by atoms with Crippen LogP contribution in [0.2, 0.25) is 0 Å². The zero-order chi connectivity index (χ0) is 29.5. The quantitative estimate of drug-likeness (QED) is 0.0801. The number of hydrogen-bond acceptors (Lipinski definition) is 9. The molecule has 0 aliphatic carbocycles. The van der Waals surface area contributed by atoms with Gasteiger partial charge in [0.15, 0.2) is 17.2 Å². The van der Waals surface area contributed by atoms with Gasteiger partial charge >= 0.3 is 11.9 Å². The van der Waals surface area contributed by atoms with Gasteiger partial charge in [-0.15, -0.1) is 0 Å². The number of esters is 2. The second kappa shape index (κ2) is 16.8. The first kappa shape index (κ1) is 33.1. The molecule has 0 saturated heterocycles. The van der Waals surface area contributed by atoms with Crippen LogP contribution < -0.4 is 10.1 Å². The lowest BCUT2D eigenvalue weighted by atomic mass is 9.93. The third kappa shape index (κ3) is 10.4. The van der Waals surface area contributed by atoms with Crippen LogP contribution in [-0.4, -0.2) is 56.7 Å². The lowest BCUT2D eigenvalue weighted by molar-refractivity contribution is -0.157. The van der Waals surface area contributed by atoms with Crippen molar-refractivity contribution in [2.45, 2.75) is 72.6 Å². The highest BCUT2D eigenvalue weighted by Gasteiger charge is 2.32. The second-order valence-electron chi connectivity index (χ2n) is 8.54. The fraction of sp³-hybridized carbons (Fsp3) is 0.500. The number of amides is 1. The SMILES string of the molecule is C=N/C(C(=O)N[C@@H](C)C(=O)O[C@@H](C)[C@H](Oc1cccc(F)c1)C(CC)CC)=C(OCOC(C)=O)\C(=C/C)OC. The van der Waals surface area contributed by atoms with Crippen molar-refractivity contribution >= 4 is 24.6 Å². The summed E-state index contributed by atoms with van der Waals surface area (Å²) in [6, 6.07) is 4.65. The number of hydrogen-bond donors (Lipinski definition) is 1. The van der Waals surface area contributed by atoms with Crippen LogP contribution in [-0.2, 0) is 33.3 Å². The van der Waals surface area contributed by atoms with Crippen LogP contribution in [0.1, 0.15) is 54.4 Å². The summed E-state index contributed by atoms with van der Waals surface area (Å²) in [6.07, 6.45) is 1.72. The number of methoxy groups -OCH3 is 1. The van der Waals surface area contributed by atoms with Crippen LogP contribution in [0.5, 0.6) is 5.75 Å². The molecule has 0 saturated carbocycles. The molecular formula is C28H39FN2O8. The molecule has 3 atom stereocenters. The molecule has 1 rings (SSSR count). The topological polar surface area (TPSA) is 122 Å². The van der Waals surface area contributed by atoms with Gasteiger partial charge < -0.3 is 29.0 Å². The first-order valence-corrected chi connectivity index (χ1v) is 12.6. The molecule has 39 heavy (non-hydrogen) atoms. The second-order valence-corrected chi connectivity index (χ2v) is 8.54. The molecule has 10 nitrogen and oxygen atoms in total. The summed E-state index contributed by atoms with van der Waals surface area (Å²) in [5.41, 5.74) is -0.297. The Morgan fingerprint density at radius 2 is 1.82 bits per heavy atom. The number of rotatable bonds is 16. The smallest absolute Gasteiger partial charge is 0.328 e. The van der Waals surface area contributed by atoms with Crippen molar-refractivity contribution in [2.75, 3.05) is 13.9 Å². The van der Waals surface area contributed by atoms with Gasteiger partial charge in [-0.1, -0.05) is 19.9 Å². The Hall–Kier alpha value is -3.89. The summed E-state index contributed by atoms with van der Waals surface area (Å²) in [5, 5.41) is 2.51. The van der Waals surface area contributed by atoms with Crippen molar-refractivity contribution in [2.24, 2.45) is 10.9 Å². The lowest BCUT2D eigenvalue weighted by Gasteiger charge is -2.31. The monoisotopic (exact) mass is 550 g/mol. The van der Waals surface area contributed by atoms with Crippen LogP contribution >= 0.6 is 0 Å². The molecule has 0 aromatic heterocycles. The molecular weight excluding hydrogens is 511 g/mol. The van der Waals surface area contributed by atoms with Crippen LogP contribution in [0.3, 0.4) is 0 Å². The molecule has 11 heteroatoms. The number of ether oxygens (including phenoxy) is 5. The first-order chi connectivity index (χ1) is 18.5. The minimum Gasteiger partial charge on any atom is -0.493 e. The fourth-order valence-corrected chi connectivity index (χ4v) is 3.72. The predicted molar refractivity (Wildman–Crippen MR) is 143 cm³/mol. The standard InChI is InChI=1S/C28H39FN2O8/c1-9-20(10-2)25(39-22-14-12-13-21(29)15-22)18(5)38-28(34)17(4)31-27(33)24(30-7)26(23(11-3)35-8)37-16-36-19(6)32/h11-15,17-18,20,25H,7,9-10,16H2,1-6,8H3,(H,31,33)/b23-11+,26-24+/t17-,18-,25-/m0/s1. The minimum atomic E-state index is -1.10. The summed E-state index contributed by atoms with van der Waals surface area (Å²) < 4.78 is 40.8. The summed E-state index contributed by atoms with van der Waals surface area (Å²) >= 11 is 0. The van der Waals surface area contributed by atoms with Gasteiger partial charge in [0.05, 0.1) is 7.11 Å². The third-order valence-electron chi connectivity index (χ3n) is 5.81. The molecule has 0 bridgehead atoms. The minimum absolute atomic E-state index is 0.0192. The van der Waals surface area contributed by atoms with Gasteiger partial charge in [0.25, 0.3) is 5.91 Å². The van der Waals surface area contributed by atoms with E-state index in [1.54, 1.807) is 19.9 Å². The lowest BCUT2D eigenvalue weighted by Crippen LogP contribution is -2.45. The number of nitrogens with one attached hydrogen (secondary N) is 1. The highest BCUT2D eigenvalue weighted by Crippen LogP contribution is 2.25. The summed E-state index contributed by atoms with van der Waals surface area (Å²) in [7, 11) is 1.35. The molecule has 0 unspecified atom stereocenters. The van der Waals surface area contributed by atoms with Crippen molar-refractivity contribution in [1.82, 2.24) is 5.32 Å². The number of carbonyl (C=O) groups excluding carboxylic acids is 3. The van der Waals surface area contributed by atoms with E-state index in [9.17, 15) is 18.8 Å². The Kier molecular flexibility index (Phi) is 14.3. The first-order valence-electron chi connectivity index (χ1n) is 12.6. The third-order valence-corrected chi connectivity index (χ3v) is 5.81. The van der Waals surface area contributed by atoms with E-state index in [0.29, 0.717) is 5.75 Å². The van der Waals surface area contributed by atoms with Gasteiger partial charge in [-0.25, -0.2) is 9.18 Å². The van der Waals surface area contributed by atoms with Crippen LogP contribution in [0.4, 0.5) is 4.39 Å². The summed E-state index contributed by atoms with van der Waals surface area (Å²) in [5.74, 6) is -2.23. The highest BCUT2D eigenvalue weighted by molar-refractivity contribution is 5.97. The van der Waals surface area contributed by atoms with Crippen molar-refractivity contribution in [1.29, 1.82) is 0 Å². The van der Waals surface area contributed by atoms with Gasteiger partial charge in [-0.3, -0.25) is 14.6 Å². The van der Waals surface area contributed by atoms with E-state index >= 15 is 0 Å². The number of carbonyl (C=O) groups is 3. The maximum Gasteiger partial charge on any atom is 0.328 e. The molecule has 216 valence electrons. The molecule has 0 spiro atoms. The largest absolute Gasteiger partial charge is 0.493 e. The van der Waals surface area contributed by atoms with E-state index in [0.717, 1.165) is 12.8 Å².